The summed E-state index contributed by atoms with van der Waals surface area (Å²) in [4.78, 5) is 25.0. The Morgan fingerprint density at radius 3 is 2.35 bits per heavy atom. The number of anilines is 2. The molecule has 0 aliphatic heterocycles. The van der Waals surface area contributed by atoms with Gasteiger partial charge in [0, 0.05) is 23.2 Å². The largest absolute Gasteiger partial charge is 0.382 e. The van der Waals surface area contributed by atoms with E-state index in [1.54, 1.807) is 6.20 Å². The van der Waals surface area contributed by atoms with Crippen molar-refractivity contribution in [2.75, 3.05) is 10.6 Å². The molecule has 2 aromatic heterocycles. The summed E-state index contributed by atoms with van der Waals surface area (Å²) in [6.07, 6.45) is 13.7. The van der Waals surface area contributed by atoms with Crippen LogP contribution in [-0.2, 0) is 4.79 Å². The molecule has 6 heteroatoms. The highest BCUT2D eigenvalue weighted by Crippen LogP contribution is 2.27. The highest BCUT2D eigenvalue weighted by molar-refractivity contribution is 5.94. The molecule has 162 valence electrons. The molecular weight excluding hydrogens is 386 g/mol. The van der Waals surface area contributed by atoms with Crippen molar-refractivity contribution in [1.82, 2.24) is 15.0 Å². The number of aromatic amines is 1. The number of nitrogens with one attached hydrogen (secondary N) is 3. The molecular formula is C25H31N5O. The number of H-pyrrole nitrogens is 1. The fraction of sp³-hybridized carbons (Fsp3) is 0.480. The van der Waals surface area contributed by atoms with Crippen LogP contribution in [0.1, 0.15) is 64.2 Å². The van der Waals surface area contributed by atoms with E-state index in [2.05, 4.69) is 49.9 Å². The van der Waals surface area contributed by atoms with Crippen molar-refractivity contribution in [2.24, 2.45) is 5.92 Å². The Balaban J connectivity index is 1.27. The van der Waals surface area contributed by atoms with Gasteiger partial charge in [-0.25, -0.2) is 9.97 Å². The van der Waals surface area contributed by atoms with Gasteiger partial charge in [-0.3, -0.25) is 4.79 Å². The van der Waals surface area contributed by atoms with Crippen LogP contribution in [-0.4, -0.2) is 26.9 Å². The van der Waals surface area contributed by atoms with Crippen molar-refractivity contribution >= 4 is 28.4 Å². The minimum Gasteiger partial charge on any atom is -0.382 e. The first-order valence-corrected chi connectivity index (χ1v) is 11.8. The summed E-state index contributed by atoms with van der Waals surface area (Å²) in [5, 5.41) is 6.70. The summed E-state index contributed by atoms with van der Waals surface area (Å²) in [5.74, 6) is 1.03. The van der Waals surface area contributed by atoms with Gasteiger partial charge >= 0.3 is 0 Å². The van der Waals surface area contributed by atoms with Gasteiger partial charge in [0.25, 0.3) is 0 Å². The van der Waals surface area contributed by atoms with Gasteiger partial charge in [0.1, 0.15) is 5.82 Å². The topological polar surface area (TPSA) is 82.7 Å². The zero-order valence-corrected chi connectivity index (χ0v) is 18.0. The third kappa shape index (κ3) is 4.73. The summed E-state index contributed by atoms with van der Waals surface area (Å²) in [6, 6.07) is 11.0. The number of aromatic nitrogens is 3. The lowest BCUT2D eigenvalue weighted by atomic mass is 9.88. The second-order valence-corrected chi connectivity index (χ2v) is 9.06. The molecule has 5 rings (SSSR count). The van der Waals surface area contributed by atoms with E-state index >= 15 is 0 Å². The molecule has 0 bridgehead atoms. The minimum absolute atomic E-state index is 0.113. The van der Waals surface area contributed by atoms with E-state index in [1.165, 1.54) is 38.5 Å². The molecule has 0 saturated heterocycles. The van der Waals surface area contributed by atoms with Crippen molar-refractivity contribution in [3.63, 3.8) is 0 Å². The Labute approximate surface area is 183 Å². The van der Waals surface area contributed by atoms with Gasteiger partial charge in [-0.05, 0) is 56.0 Å². The lowest BCUT2D eigenvalue weighted by Crippen LogP contribution is -2.24. The number of pyridine rings is 1. The van der Waals surface area contributed by atoms with E-state index in [9.17, 15) is 4.79 Å². The summed E-state index contributed by atoms with van der Waals surface area (Å²) in [7, 11) is 0. The monoisotopic (exact) mass is 417 g/mol. The quantitative estimate of drug-likeness (QED) is 0.483. The van der Waals surface area contributed by atoms with E-state index in [-0.39, 0.29) is 11.8 Å². The second-order valence-electron chi connectivity index (χ2n) is 9.06. The first-order valence-electron chi connectivity index (χ1n) is 11.8. The number of hydrogen-bond acceptors (Lipinski definition) is 4. The van der Waals surface area contributed by atoms with E-state index in [0.717, 1.165) is 54.0 Å². The predicted octanol–water partition coefficient (Wildman–Crippen LogP) is 5.89. The van der Waals surface area contributed by atoms with E-state index in [4.69, 9.17) is 0 Å². The Bertz CT molecular complexity index is 1030. The van der Waals surface area contributed by atoms with E-state index in [0.29, 0.717) is 11.7 Å². The fourth-order valence-electron chi connectivity index (χ4n) is 4.92. The SMILES string of the molecule is O=C(Nc1cnc2nc(-c3ccc(NC4CCCCC4)cc3)[nH]c2c1)C1CCCCC1. The summed E-state index contributed by atoms with van der Waals surface area (Å²) in [6.45, 7) is 0. The highest BCUT2D eigenvalue weighted by Gasteiger charge is 2.21. The number of nitrogens with zero attached hydrogens (tertiary/aromatic N) is 2. The Morgan fingerprint density at radius 2 is 1.61 bits per heavy atom. The number of rotatable bonds is 5. The van der Waals surface area contributed by atoms with Crippen molar-refractivity contribution < 1.29 is 4.79 Å². The van der Waals surface area contributed by atoms with Crippen LogP contribution in [0, 0.1) is 5.92 Å². The molecule has 31 heavy (non-hydrogen) atoms. The molecule has 6 nitrogen and oxygen atoms in total. The smallest absolute Gasteiger partial charge is 0.227 e. The standard InChI is InChI=1S/C25H31N5O/c31-25(18-7-3-1-4-8-18)28-21-15-22-24(26-16-21)30-23(29-22)17-11-13-20(14-12-17)27-19-9-5-2-6-10-19/h11-16,18-19,27H,1-10H2,(H,28,31)(H,26,29,30). The van der Waals surface area contributed by atoms with Crippen molar-refractivity contribution in [3.8, 4) is 11.4 Å². The van der Waals surface area contributed by atoms with Crippen LogP contribution in [0.5, 0.6) is 0 Å². The van der Waals surface area contributed by atoms with Gasteiger partial charge in [0.15, 0.2) is 5.65 Å². The van der Waals surface area contributed by atoms with Crippen LogP contribution in [0.3, 0.4) is 0 Å². The van der Waals surface area contributed by atoms with Crippen LogP contribution in [0.4, 0.5) is 11.4 Å². The van der Waals surface area contributed by atoms with Gasteiger partial charge in [-0.15, -0.1) is 0 Å². The molecule has 1 amide bonds. The average molecular weight is 418 g/mol. The van der Waals surface area contributed by atoms with E-state index in [1.807, 2.05) is 6.07 Å². The molecule has 2 aliphatic rings. The zero-order chi connectivity index (χ0) is 21.0. The van der Waals surface area contributed by atoms with Crippen molar-refractivity contribution in [1.29, 1.82) is 0 Å². The summed E-state index contributed by atoms with van der Waals surface area (Å²) in [5.41, 5.74) is 4.42. The van der Waals surface area contributed by atoms with Gasteiger partial charge < -0.3 is 15.6 Å². The van der Waals surface area contributed by atoms with Crippen molar-refractivity contribution in [2.45, 2.75) is 70.3 Å². The van der Waals surface area contributed by atoms with Gasteiger partial charge in [0.05, 0.1) is 17.4 Å². The van der Waals surface area contributed by atoms with Gasteiger partial charge in [-0.1, -0.05) is 38.5 Å². The number of carbonyl (C=O) groups excluding carboxylic acids is 1. The fourth-order valence-corrected chi connectivity index (χ4v) is 4.92. The van der Waals surface area contributed by atoms with Gasteiger partial charge in [0.2, 0.25) is 5.91 Å². The lowest BCUT2D eigenvalue weighted by molar-refractivity contribution is -0.120. The highest BCUT2D eigenvalue weighted by atomic mass is 16.1. The molecule has 2 heterocycles. The molecule has 0 unspecified atom stereocenters. The third-order valence-corrected chi connectivity index (χ3v) is 6.72. The maximum Gasteiger partial charge on any atom is 0.227 e. The van der Waals surface area contributed by atoms with Gasteiger partial charge in [-0.2, -0.15) is 0 Å². The molecule has 1 aromatic carbocycles. The summed E-state index contributed by atoms with van der Waals surface area (Å²) < 4.78 is 0. The second kappa shape index (κ2) is 9.08. The number of hydrogen-bond donors (Lipinski definition) is 3. The molecule has 2 saturated carbocycles. The zero-order valence-electron chi connectivity index (χ0n) is 18.0. The lowest BCUT2D eigenvalue weighted by Gasteiger charge is -2.23. The first-order chi connectivity index (χ1) is 15.2. The number of fused-ring (bicyclic) bond motifs is 1. The third-order valence-electron chi connectivity index (χ3n) is 6.72. The van der Waals surface area contributed by atoms with Crippen LogP contribution >= 0.6 is 0 Å². The number of imidazole rings is 1. The molecule has 3 N–H and O–H groups in total. The predicted molar refractivity (Wildman–Crippen MR) is 125 cm³/mol. The molecule has 2 aliphatic carbocycles. The number of amides is 1. The Hall–Kier alpha value is -2.89. The molecule has 0 spiro atoms. The normalized spacial score (nSPS) is 18.2. The van der Waals surface area contributed by atoms with Crippen LogP contribution in [0.2, 0.25) is 0 Å². The molecule has 0 radical (unpaired) electrons. The maximum atomic E-state index is 12.5. The van der Waals surface area contributed by atoms with Crippen molar-refractivity contribution in [3.05, 3.63) is 36.5 Å². The molecule has 2 fully saturated rings. The average Bonchev–Trinajstić information content (AvgIpc) is 3.24. The number of benzene rings is 1. The van der Waals surface area contributed by atoms with Crippen LogP contribution in [0.15, 0.2) is 36.5 Å². The molecule has 3 aromatic rings. The number of carbonyl (C=O) groups is 1. The van der Waals surface area contributed by atoms with E-state index < -0.39 is 0 Å². The summed E-state index contributed by atoms with van der Waals surface area (Å²) >= 11 is 0. The minimum atomic E-state index is 0.113. The van der Waals surface area contributed by atoms with Crippen LogP contribution < -0.4 is 10.6 Å². The first kappa shape index (κ1) is 20.0. The Kier molecular flexibility index (Phi) is 5.87. The van der Waals surface area contributed by atoms with Crippen LogP contribution in [0.25, 0.3) is 22.6 Å². The maximum absolute atomic E-state index is 12.5. The molecule has 0 atom stereocenters. The Morgan fingerprint density at radius 1 is 0.903 bits per heavy atom.